The average Bonchev–Trinajstić information content (AvgIpc) is 3.35. The van der Waals surface area contributed by atoms with E-state index in [1.54, 1.807) is 20.8 Å². The maximum atomic E-state index is 13.4. The molecule has 1 fully saturated rings. The molecule has 10 heteroatoms. The van der Waals surface area contributed by atoms with Gasteiger partial charge in [-0.15, -0.1) is 0 Å². The predicted molar refractivity (Wildman–Crippen MR) is 142 cm³/mol. The van der Waals surface area contributed by atoms with Crippen LogP contribution >= 0.6 is 0 Å². The topological polar surface area (TPSA) is 146 Å². The van der Waals surface area contributed by atoms with Gasteiger partial charge in [-0.2, -0.15) is 0 Å². The van der Waals surface area contributed by atoms with E-state index in [0.717, 1.165) is 0 Å². The Bertz CT molecular complexity index is 753. The summed E-state index contributed by atoms with van der Waals surface area (Å²) < 4.78 is 5.48. The Morgan fingerprint density at radius 2 is 1.51 bits per heavy atom. The van der Waals surface area contributed by atoms with Crippen molar-refractivity contribution in [3.8, 4) is 0 Å². The summed E-state index contributed by atoms with van der Waals surface area (Å²) in [5.74, 6) is -1.85. The van der Waals surface area contributed by atoms with Gasteiger partial charge in [-0.25, -0.2) is 0 Å². The van der Waals surface area contributed by atoms with Crippen molar-refractivity contribution < 1.29 is 29.0 Å². The smallest absolute Gasteiger partial charge is 0.243 e. The third-order valence-electron chi connectivity index (χ3n) is 7.09. The Balaban J connectivity index is 2.92. The Hall–Kier alpha value is -2.20. The highest BCUT2D eigenvalue weighted by Crippen LogP contribution is 2.21. The van der Waals surface area contributed by atoms with Crippen molar-refractivity contribution in [1.29, 1.82) is 0 Å². The van der Waals surface area contributed by atoms with E-state index >= 15 is 0 Å². The van der Waals surface area contributed by atoms with Gasteiger partial charge in [-0.3, -0.25) is 19.2 Å². The molecule has 0 aromatic heterocycles. The molecular weight excluding hydrogens is 476 g/mol. The predicted octanol–water partition coefficient (Wildman–Crippen LogP) is 1.36. The van der Waals surface area contributed by atoms with Gasteiger partial charge >= 0.3 is 0 Å². The number of rotatable bonds is 15. The quantitative estimate of drug-likeness (QED) is 0.218. The lowest BCUT2D eigenvalue weighted by molar-refractivity contribution is -0.134. The fourth-order valence-electron chi connectivity index (χ4n) is 4.28. The number of nitrogens with one attached hydrogen (secondary N) is 4. The van der Waals surface area contributed by atoms with Crippen molar-refractivity contribution >= 4 is 23.6 Å². The SMILES string of the molecule is CCNC(=O)[C@H](C)NC(=O)[C@H](C)C[C@H](O)[C@H](CC(C)C)NC(=O)[C@@H](NC(=O)C(C)C(C)C)[C@H]1CCOC1. The van der Waals surface area contributed by atoms with Crippen LogP contribution in [0.4, 0.5) is 0 Å². The zero-order valence-corrected chi connectivity index (χ0v) is 23.9. The van der Waals surface area contributed by atoms with Crippen LogP contribution in [0.15, 0.2) is 0 Å². The van der Waals surface area contributed by atoms with Crippen LogP contribution in [0.3, 0.4) is 0 Å². The zero-order valence-electron chi connectivity index (χ0n) is 23.9. The molecule has 1 rings (SSSR count). The molecule has 0 spiro atoms. The van der Waals surface area contributed by atoms with Gasteiger partial charge in [0.05, 0.1) is 18.8 Å². The fourth-order valence-corrected chi connectivity index (χ4v) is 4.28. The second-order valence-electron chi connectivity index (χ2n) is 11.2. The summed E-state index contributed by atoms with van der Waals surface area (Å²) in [6.07, 6.45) is 0.283. The molecular formula is C27H50N4O6. The van der Waals surface area contributed by atoms with E-state index < -0.39 is 30.1 Å². The molecule has 1 aliphatic rings. The summed E-state index contributed by atoms with van der Waals surface area (Å²) in [6.45, 7) is 16.2. The van der Waals surface area contributed by atoms with Crippen LogP contribution in [0.5, 0.6) is 0 Å². The summed E-state index contributed by atoms with van der Waals surface area (Å²) >= 11 is 0. The molecule has 1 unspecified atom stereocenters. The Morgan fingerprint density at radius 3 is 2.03 bits per heavy atom. The number of carbonyl (C=O) groups excluding carboxylic acids is 4. The van der Waals surface area contributed by atoms with Gasteiger partial charge in [-0.05, 0) is 44.9 Å². The molecule has 0 bridgehead atoms. The molecule has 1 saturated heterocycles. The number of aliphatic hydroxyl groups is 1. The molecule has 0 aromatic rings. The van der Waals surface area contributed by atoms with Crippen molar-refractivity contribution in [2.24, 2.45) is 29.6 Å². The second kappa shape index (κ2) is 15.9. The maximum Gasteiger partial charge on any atom is 0.243 e. The molecule has 214 valence electrons. The number of ether oxygens (including phenoxy) is 1. The standard InChI is InChI=1S/C27H50N4O6/c1-9-28-26(35)19(8)29-24(33)17(6)13-22(32)21(12-15(2)3)30-27(36)23(20-10-11-37-14-20)31-25(34)18(7)16(4)5/h15-23,32H,9-14H2,1-8H3,(H,28,35)(H,29,33)(H,30,36)(H,31,34)/t17-,18?,19+,20+,21+,22+,23+/m1/s1. The first-order chi connectivity index (χ1) is 17.3. The zero-order chi connectivity index (χ0) is 28.3. The number of likely N-dealkylation sites (N-methyl/N-ethyl adjacent to an activating group) is 1. The first-order valence-corrected chi connectivity index (χ1v) is 13.7. The summed E-state index contributed by atoms with van der Waals surface area (Å²) in [5.41, 5.74) is 0. The maximum absolute atomic E-state index is 13.4. The van der Waals surface area contributed by atoms with E-state index in [-0.39, 0.29) is 53.7 Å². The molecule has 1 aliphatic heterocycles. The van der Waals surface area contributed by atoms with E-state index in [1.165, 1.54) is 0 Å². The summed E-state index contributed by atoms with van der Waals surface area (Å²) in [6, 6.07) is -2.06. The summed E-state index contributed by atoms with van der Waals surface area (Å²) in [5, 5.41) is 22.3. The molecule has 0 saturated carbocycles. The molecule has 0 radical (unpaired) electrons. The number of hydrogen-bond acceptors (Lipinski definition) is 6. The third-order valence-corrected chi connectivity index (χ3v) is 7.09. The van der Waals surface area contributed by atoms with E-state index in [2.05, 4.69) is 21.3 Å². The molecule has 4 amide bonds. The minimum atomic E-state index is -0.988. The van der Waals surface area contributed by atoms with Crippen molar-refractivity contribution in [3.05, 3.63) is 0 Å². The van der Waals surface area contributed by atoms with Crippen LogP contribution in [0.25, 0.3) is 0 Å². The van der Waals surface area contributed by atoms with Gasteiger partial charge in [0.2, 0.25) is 23.6 Å². The van der Waals surface area contributed by atoms with Gasteiger partial charge in [0.15, 0.2) is 0 Å². The minimum Gasteiger partial charge on any atom is -0.391 e. The Labute approximate surface area is 222 Å². The van der Waals surface area contributed by atoms with Crippen molar-refractivity contribution in [3.63, 3.8) is 0 Å². The van der Waals surface area contributed by atoms with Crippen LogP contribution in [0.2, 0.25) is 0 Å². The largest absolute Gasteiger partial charge is 0.391 e. The monoisotopic (exact) mass is 526 g/mol. The van der Waals surface area contributed by atoms with Crippen LogP contribution < -0.4 is 21.3 Å². The van der Waals surface area contributed by atoms with E-state index in [0.29, 0.717) is 32.6 Å². The van der Waals surface area contributed by atoms with Crippen LogP contribution in [-0.2, 0) is 23.9 Å². The van der Waals surface area contributed by atoms with Gasteiger partial charge < -0.3 is 31.1 Å². The third kappa shape index (κ3) is 11.0. The van der Waals surface area contributed by atoms with Gasteiger partial charge in [0.1, 0.15) is 12.1 Å². The van der Waals surface area contributed by atoms with E-state index in [9.17, 15) is 24.3 Å². The fraction of sp³-hybridized carbons (Fsp3) is 0.852. The summed E-state index contributed by atoms with van der Waals surface area (Å²) in [4.78, 5) is 50.8. The molecule has 10 nitrogen and oxygen atoms in total. The lowest BCUT2D eigenvalue weighted by Gasteiger charge is -2.31. The molecule has 5 N–H and O–H groups in total. The number of aliphatic hydroxyl groups excluding tert-OH is 1. The highest BCUT2D eigenvalue weighted by atomic mass is 16.5. The molecule has 37 heavy (non-hydrogen) atoms. The molecule has 1 heterocycles. The van der Waals surface area contributed by atoms with Crippen molar-refractivity contribution in [1.82, 2.24) is 21.3 Å². The van der Waals surface area contributed by atoms with E-state index in [1.807, 2.05) is 34.6 Å². The number of carbonyl (C=O) groups is 4. The van der Waals surface area contributed by atoms with Gasteiger partial charge in [0.25, 0.3) is 0 Å². The molecule has 0 aromatic carbocycles. The normalized spacial score (nSPS) is 20.5. The van der Waals surface area contributed by atoms with Crippen LogP contribution in [0, 0.1) is 29.6 Å². The Kier molecular flexibility index (Phi) is 14.1. The Morgan fingerprint density at radius 1 is 0.865 bits per heavy atom. The first-order valence-electron chi connectivity index (χ1n) is 13.7. The van der Waals surface area contributed by atoms with Crippen LogP contribution in [-0.4, -0.2) is 72.7 Å². The number of amides is 4. The highest BCUT2D eigenvalue weighted by Gasteiger charge is 2.36. The van der Waals surface area contributed by atoms with Gasteiger partial charge in [0, 0.05) is 30.9 Å². The average molecular weight is 527 g/mol. The van der Waals surface area contributed by atoms with Gasteiger partial charge in [-0.1, -0.05) is 41.5 Å². The first kappa shape index (κ1) is 32.8. The lowest BCUT2D eigenvalue weighted by Crippen LogP contribution is -2.56. The summed E-state index contributed by atoms with van der Waals surface area (Å²) in [7, 11) is 0. The van der Waals surface area contributed by atoms with E-state index in [4.69, 9.17) is 4.74 Å². The highest BCUT2D eigenvalue weighted by molar-refractivity contribution is 5.89. The molecule has 0 aliphatic carbocycles. The number of hydrogen-bond donors (Lipinski definition) is 5. The van der Waals surface area contributed by atoms with Crippen LogP contribution in [0.1, 0.15) is 74.7 Å². The molecule has 7 atom stereocenters. The minimum absolute atomic E-state index is 0.111. The van der Waals surface area contributed by atoms with Crippen molar-refractivity contribution in [2.45, 2.75) is 98.9 Å². The lowest BCUT2D eigenvalue weighted by atomic mass is 9.90. The van der Waals surface area contributed by atoms with Crippen molar-refractivity contribution in [2.75, 3.05) is 19.8 Å². The second-order valence-corrected chi connectivity index (χ2v) is 11.2.